The van der Waals surface area contributed by atoms with Crippen LogP contribution in [0.3, 0.4) is 0 Å². The Kier molecular flexibility index (Phi) is 7.38. The van der Waals surface area contributed by atoms with Crippen LogP contribution in [0.2, 0.25) is 0 Å². The molecule has 4 rings (SSSR count). The molecule has 4 atom stereocenters. The Hall–Kier alpha value is -2.24. The molecule has 2 N–H and O–H groups in total. The molecule has 2 fully saturated rings. The van der Waals surface area contributed by atoms with Crippen LogP contribution in [-0.4, -0.2) is 74.4 Å². The van der Waals surface area contributed by atoms with Crippen LogP contribution in [0.25, 0.3) is 0 Å². The van der Waals surface area contributed by atoms with E-state index in [0.29, 0.717) is 49.9 Å². The second kappa shape index (κ2) is 9.75. The Morgan fingerprint density at radius 2 is 1.71 bits per heavy atom. The molecule has 0 spiro atoms. The molecule has 0 aromatic heterocycles. The van der Waals surface area contributed by atoms with E-state index in [9.17, 15) is 45.4 Å². The van der Waals surface area contributed by atoms with E-state index in [2.05, 4.69) is 5.32 Å². The Labute approximate surface area is 217 Å². The fraction of sp³-hybridized carbons (Fsp3) is 0.667. The number of benzene rings is 1. The number of hydrogen-bond acceptors (Lipinski definition) is 3. The minimum Gasteiger partial charge on any atom is -0.408 e. The molecule has 1 aliphatic heterocycles. The summed E-state index contributed by atoms with van der Waals surface area (Å²) in [4.78, 5) is 26.8. The lowest BCUT2D eigenvalue weighted by Gasteiger charge is -2.34. The van der Waals surface area contributed by atoms with E-state index >= 15 is 0 Å². The van der Waals surface area contributed by atoms with E-state index in [1.165, 1.54) is 0 Å². The fourth-order valence-electron chi connectivity index (χ4n) is 6.12. The quantitative estimate of drug-likeness (QED) is 0.423. The van der Waals surface area contributed by atoms with Gasteiger partial charge in [0.05, 0.1) is 5.92 Å². The third kappa shape index (κ3) is 5.29. The molecule has 0 bridgehead atoms. The number of amides is 2. The van der Waals surface area contributed by atoms with Gasteiger partial charge in [0.1, 0.15) is 15.7 Å². The van der Waals surface area contributed by atoms with Crippen LogP contribution >= 0.6 is 0 Å². The third-order valence-corrected chi connectivity index (χ3v) is 8.20. The van der Waals surface area contributed by atoms with E-state index in [1.807, 2.05) is 0 Å². The number of nitrogens with zero attached hydrogens (tertiary/aromatic N) is 1. The number of fused-ring (bicyclic) bond motifs is 3. The maximum Gasteiger partial charge on any atom is 0.435 e. The largest absolute Gasteiger partial charge is 0.435 e. The summed E-state index contributed by atoms with van der Waals surface area (Å²) in [5.41, 5.74) is -6.09. The summed E-state index contributed by atoms with van der Waals surface area (Å²) in [7, 11) is 3.27. The van der Waals surface area contributed by atoms with Crippen molar-refractivity contribution in [3.63, 3.8) is 0 Å². The number of likely N-dealkylation sites (tertiary alicyclic amines) is 1. The predicted molar refractivity (Wildman–Crippen MR) is 128 cm³/mol. The van der Waals surface area contributed by atoms with Crippen molar-refractivity contribution in [1.29, 1.82) is 0 Å². The van der Waals surface area contributed by atoms with E-state index in [4.69, 9.17) is 0 Å². The van der Waals surface area contributed by atoms with Gasteiger partial charge in [-0.2, -0.15) is 26.3 Å². The second-order valence-corrected chi connectivity index (χ2v) is 11.4. The molecule has 1 saturated heterocycles. The first kappa shape index (κ1) is 28.8. The maximum absolute atomic E-state index is 14.6. The van der Waals surface area contributed by atoms with Crippen molar-refractivity contribution in [2.75, 3.05) is 13.1 Å². The minimum absolute atomic E-state index is 0.0630. The van der Waals surface area contributed by atoms with E-state index in [-0.39, 0.29) is 54.6 Å². The van der Waals surface area contributed by atoms with Gasteiger partial charge in [0.25, 0.3) is 0 Å². The molecule has 0 unspecified atom stereocenters. The van der Waals surface area contributed by atoms with Crippen molar-refractivity contribution in [2.45, 2.75) is 73.9 Å². The SMILES string of the molecule is BC(B)(O)CCN1C[C@@H](C(=O)N[C@@H]2CC[C@H]3c4ccc(C(F)(C(F)(F)F)C(F)(F)F)cc4CC[C@@H]23)CC1=O. The van der Waals surface area contributed by atoms with Crippen molar-refractivity contribution >= 4 is 27.5 Å². The van der Waals surface area contributed by atoms with Crippen molar-refractivity contribution in [2.24, 2.45) is 11.8 Å². The Balaban J connectivity index is 1.44. The zero-order valence-corrected chi connectivity index (χ0v) is 21.1. The van der Waals surface area contributed by atoms with Crippen LogP contribution in [0.15, 0.2) is 18.2 Å². The first-order chi connectivity index (χ1) is 17.4. The molecule has 1 heterocycles. The molecule has 1 aromatic carbocycles. The lowest BCUT2D eigenvalue weighted by Crippen LogP contribution is -2.50. The molecule has 2 aliphatic carbocycles. The highest BCUT2D eigenvalue weighted by Crippen LogP contribution is 2.54. The van der Waals surface area contributed by atoms with Gasteiger partial charge in [-0.1, -0.05) is 18.2 Å². The van der Waals surface area contributed by atoms with Gasteiger partial charge in [-0.3, -0.25) is 9.59 Å². The van der Waals surface area contributed by atoms with Crippen LogP contribution in [-0.2, 0) is 21.7 Å². The highest BCUT2D eigenvalue weighted by atomic mass is 19.4. The summed E-state index contributed by atoms with van der Waals surface area (Å²) < 4.78 is 93.8. The van der Waals surface area contributed by atoms with Crippen molar-refractivity contribution in [3.05, 3.63) is 34.9 Å². The Morgan fingerprint density at radius 3 is 2.32 bits per heavy atom. The summed E-state index contributed by atoms with van der Waals surface area (Å²) in [6.45, 7) is 0.582. The van der Waals surface area contributed by atoms with Gasteiger partial charge >= 0.3 is 18.0 Å². The van der Waals surface area contributed by atoms with Gasteiger partial charge in [-0.15, -0.1) is 0 Å². The van der Waals surface area contributed by atoms with Crippen LogP contribution in [0.5, 0.6) is 0 Å². The number of nitrogens with one attached hydrogen (secondary N) is 1. The van der Waals surface area contributed by atoms with E-state index in [1.54, 1.807) is 20.6 Å². The summed E-state index contributed by atoms with van der Waals surface area (Å²) in [5, 5.41) is 12.0. The van der Waals surface area contributed by atoms with Crippen molar-refractivity contribution in [3.8, 4) is 0 Å². The molecule has 3 aliphatic rings. The number of aliphatic hydroxyl groups is 1. The van der Waals surface area contributed by atoms with Crippen LogP contribution in [0.1, 0.15) is 54.7 Å². The summed E-state index contributed by atoms with van der Waals surface area (Å²) in [5.74, 6) is -1.22. The lowest BCUT2D eigenvalue weighted by atomic mass is 9.63. The standard InChI is InChI=1S/C24H29B2F7N2O3/c25-21(26,38)7-8-35-11-13(10-19(35)36)20(37)34-18-6-5-16-15-4-2-14(9-12(15)1-3-17(16)18)22(27,23(28,29)30)24(31,32)33/h2,4,9,13,16-18,38H,1,3,5-8,10-11,25-26H2,(H,34,37)/t13-,16-,17+,18+/m0/s1. The van der Waals surface area contributed by atoms with Crippen LogP contribution < -0.4 is 5.32 Å². The number of halogens is 7. The van der Waals surface area contributed by atoms with E-state index in [0.717, 1.165) is 6.07 Å². The fourth-order valence-corrected chi connectivity index (χ4v) is 6.12. The van der Waals surface area contributed by atoms with Crippen LogP contribution in [0, 0.1) is 11.8 Å². The molecule has 208 valence electrons. The predicted octanol–water partition coefficient (Wildman–Crippen LogP) is 2.05. The monoisotopic (exact) mass is 548 g/mol. The van der Waals surface area contributed by atoms with Crippen molar-refractivity contribution < 1.29 is 45.4 Å². The average Bonchev–Trinajstić information content (AvgIpc) is 3.38. The Bertz CT molecular complexity index is 1080. The number of carbonyl (C=O) groups is 2. The molecular weight excluding hydrogens is 519 g/mol. The lowest BCUT2D eigenvalue weighted by molar-refractivity contribution is -0.348. The summed E-state index contributed by atoms with van der Waals surface area (Å²) >= 11 is 0. The molecule has 5 nitrogen and oxygen atoms in total. The summed E-state index contributed by atoms with van der Waals surface area (Å²) in [6, 6.07) is 2.17. The summed E-state index contributed by atoms with van der Waals surface area (Å²) in [6.07, 6.45) is -10.2. The molecule has 14 heteroatoms. The van der Waals surface area contributed by atoms with Gasteiger partial charge in [-0.25, -0.2) is 4.39 Å². The van der Waals surface area contributed by atoms with Gasteiger partial charge in [0.15, 0.2) is 0 Å². The van der Waals surface area contributed by atoms with Crippen LogP contribution in [0.4, 0.5) is 30.7 Å². The number of carbonyl (C=O) groups excluding carboxylic acids is 2. The highest BCUT2D eigenvalue weighted by molar-refractivity contribution is 6.38. The molecule has 2 amide bonds. The zero-order valence-electron chi connectivity index (χ0n) is 21.1. The molecule has 0 radical (unpaired) electrons. The first-order valence-corrected chi connectivity index (χ1v) is 12.7. The minimum atomic E-state index is -6.16. The average molecular weight is 548 g/mol. The topological polar surface area (TPSA) is 69.6 Å². The van der Waals surface area contributed by atoms with Crippen molar-refractivity contribution in [1.82, 2.24) is 10.2 Å². The van der Waals surface area contributed by atoms with Gasteiger partial charge in [0.2, 0.25) is 11.8 Å². The molecule has 1 saturated carbocycles. The molecule has 1 aromatic rings. The zero-order chi connectivity index (χ0) is 28.3. The number of aryl methyl sites for hydroxylation is 1. The number of rotatable bonds is 6. The van der Waals surface area contributed by atoms with Gasteiger partial charge < -0.3 is 15.3 Å². The smallest absolute Gasteiger partial charge is 0.408 e. The Morgan fingerprint density at radius 1 is 1.05 bits per heavy atom. The maximum atomic E-state index is 14.6. The normalized spacial score (nSPS) is 26.3. The molecule has 38 heavy (non-hydrogen) atoms. The highest BCUT2D eigenvalue weighted by Gasteiger charge is 2.73. The van der Waals surface area contributed by atoms with Gasteiger partial charge in [-0.05, 0) is 55.1 Å². The third-order valence-electron chi connectivity index (χ3n) is 8.20. The van der Waals surface area contributed by atoms with Gasteiger partial charge in [0, 0.05) is 36.5 Å². The first-order valence-electron chi connectivity index (χ1n) is 12.7. The molecular formula is C24H29B2F7N2O3. The number of alkyl halides is 7. The van der Waals surface area contributed by atoms with E-state index < -0.39 is 34.9 Å². The second-order valence-electron chi connectivity index (χ2n) is 11.4. The number of hydrogen-bond donors (Lipinski definition) is 2.